The van der Waals surface area contributed by atoms with Gasteiger partial charge in [0, 0.05) is 17.6 Å². The molecular weight excluding hydrogens is 214 g/mol. The van der Waals surface area contributed by atoms with E-state index in [1.54, 1.807) is 18.3 Å². The summed E-state index contributed by atoms with van der Waals surface area (Å²) in [6.45, 7) is 5.56. The lowest BCUT2D eigenvalue weighted by Crippen LogP contribution is -2.33. The molecule has 0 radical (unpaired) electrons. The first-order valence-corrected chi connectivity index (χ1v) is 5.73. The summed E-state index contributed by atoms with van der Waals surface area (Å²) in [5.74, 6) is -0.240. The zero-order chi connectivity index (χ0) is 12.9. The van der Waals surface area contributed by atoms with Gasteiger partial charge >= 0.3 is 0 Å². The summed E-state index contributed by atoms with van der Waals surface area (Å²) >= 11 is 0. The van der Waals surface area contributed by atoms with Crippen LogP contribution in [0.25, 0.3) is 0 Å². The lowest BCUT2D eigenvalue weighted by molar-refractivity contribution is -0.123. The molecule has 0 spiro atoms. The van der Waals surface area contributed by atoms with E-state index in [0.29, 0.717) is 18.5 Å². The average Bonchev–Trinajstić information content (AvgIpc) is 2.32. The normalized spacial score (nSPS) is 10.7. The van der Waals surface area contributed by atoms with Crippen LogP contribution in [0, 0.1) is 23.7 Å². The number of rotatable bonds is 4. The molecule has 90 valence electrons. The Hall–Kier alpha value is -1.89. The van der Waals surface area contributed by atoms with Gasteiger partial charge in [-0.3, -0.25) is 9.78 Å². The van der Waals surface area contributed by atoms with Gasteiger partial charge in [-0.1, -0.05) is 13.8 Å². The number of anilines is 1. The van der Waals surface area contributed by atoms with Crippen molar-refractivity contribution in [3.8, 4) is 6.07 Å². The van der Waals surface area contributed by atoms with Crippen LogP contribution in [0.3, 0.4) is 0 Å². The van der Waals surface area contributed by atoms with Gasteiger partial charge in [0.05, 0.1) is 6.07 Å². The molecule has 0 aliphatic rings. The van der Waals surface area contributed by atoms with E-state index < -0.39 is 5.41 Å². The maximum absolute atomic E-state index is 12.1. The summed E-state index contributed by atoms with van der Waals surface area (Å²) in [6.07, 6.45) is 2.66. The smallest absolute Gasteiger partial charge is 0.244 e. The van der Waals surface area contributed by atoms with Gasteiger partial charge in [0.25, 0.3) is 0 Å². The Balaban J connectivity index is 2.89. The van der Waals surface area contributed by atoms with Crippen molar-refractivity contribution in [3.05, 3.63) is 24.0 Å². The van der Waals surface area contributed by atoms with Crippen molar-refractivity contribution in [1.29, 1.82) is 5.26 Å². The Morgan fingerprint density at radius 1 is 1.53 bits per heavy atom. The molecule has 0 bridgehead atoms. The van der Waals surface area contributed by atoms with Gasteiger partial charge in [-0.05, 0) is 31.9 Å². The van der Waals surface area contributed by atoms with Crippen LogP contribution in [-0.2, 0) is 4.79 Å². The molecule has 1 aromatic rings. The van der Waals surface area contributed by atoms with E-state index in [-0.39, 0.29) is 5.91 Å². The van der Waals surface area contributed by atoms with Crippen molar-refractivity contribution in [2.24, 2.45) is 5.41 Å². The van der Waals surface area contributed by atoms with Gasteiger partial charge in [0.2, 0.25) is 5.91 Å². The van der Waals surface area contributed by atoms with Crippen molar-refractivity contribution >= 4 is 11.6 Å². The molecule has 1 aromatic heterocycles. The maximum atomic E-state index is 12.1. The number of aromatic nitrogens is 1. The van der Waals surface area contributed by atoms with Crippen LogP contribution >= 0.6 is 0 Å². The molecule has 4 nitrogen and oxygen atoms in total. The quantitative estimate of drug-likeness (QED) is 0.866. The molecule has 0 unspecified atom stereocenters. The Morgan fingerprint density at radius 2 is 2.18 bits per heavy atom. The maximum Gasteiger partial charge on any atom is 0.244 e. The van der Waals surface area contributed by atoms with E-state index >= 15 is 0 Å². The fourth-order valence-electron chi connectivity index (χ4n) is 1.65. The molecular formula is C13H17N3O. The van der Waals surface area contributed by atoms with Crippen LogP contribution in [0.15, 0.2) is 18.3 Å². The van der Waals surface area contributed by atoms with Crippen molar-refractivity contribution in [2.45, 2.75) is 33.6 Å². The molecule has 0 saturated carbocycles. The molecule has 0 aromatic carbocycles. The van der Waals surface area contributed by atoms with E-state index in [9.17, 15) is 4.79 Å². The second-order valence-corrected chi connectivity index (χ2v) is 4.04. The van der Waals surface area contributed by atoms with E-state index in [0.717, 1.165) is 5.69 Å². The molecule has 0 fully saturated rings. The summed E-state index contributed by atoms with van der Waals surface area (Å²) in [7, 11) is 0. The van der Waals surface area contributed by atoms with Crippen molar-refractivity contribution in [2.75, 3.05) is 5.32 Å². The molecule has 1 heterocycles. The molecule has 0 saturated heterocycles. The van der Waals surface area contributed by atoms with E-state index in [2.05, 4.69) is 16.4 Å². The minimum absolute atomic E-state index is 0.240. The molecule has 17 heavy (non-hydrogen) atoms. The van der Waals surface area contributed by atoms with Crippen molar-refractivity contribution in [3.63, 3.8) is 0 Å². The number of nitrogens with one attached hydrogen (secondary N) is 1. The SMILES string of the molecule is CCC(C#N)(CC)C(=O)Nc1ccnc(C)c1. The number of hydrogen-bond acceptors (Lipinski definition) is 3. The number of nitriles is 1. The minimum atomic E-state index is -0.933. The van der Waals surface area contributed by atoms with E-state index in [1.165, 1.54) is 0 Å². The number of amides is 1. The molecule has 0 atom stereocenters. The average molecular weight is 231 g/mol. The van der Waals surface area contributed by atoms with E-state index in [4.69, 9.17) is 5.26 Å². The van der Waals surface area contributed by atoms with Gasteiger partial charge in [-0.2, -0.15) is 5.26 Å². The van der Waals surface area contributed by atoms with Crippen molar-refractivity contribution in [1.82, 2.24) is 4.98 Å². The van der Waals surface area contributed by atoms with Crippen LogP contribution in [0.4, 0.5) is 5.69 Å². The van der Waals surface area contributed by atoms with Crippen LogP contribution < -0.4 is 5.32 Å². The molecule has 1 N–H and O–H groups in total. The van der Waals surface area contributed by atoms with Gasteiger partial charge < -0.3 is 5.32 Å². The van der Waals surface area contributed by atoms with Gasteiger partial charge in [0.1, 0.15) is 5.41 Å². The fourth-order valence-corrected chi connectivity index (χ4v) is 1.65. The molecule has 1 amide bonds. The molecule has 4 heteroatoms. The first-order chi connectivity index (χ1) is 8.07. The Labute approximate surface area is 102 Å². The second kappa shape index (κ2) is 5.44. The topological polar surface area (TPSA) is 65.8 Å². The van der Waals surface area contributed by atoms with Crippen LogP contribution in [-0.4, -0.2) is 10.9 Å². The zero-order valence-electron chi connectivity index (χ0n) is 10.4. The standard InChI is InChI=1S/C13H17N3O/c1-4-13(5-2,9-14)12(17)16-11-6-7-15-10(3)8-11/h6-8H,4-5H2,1-3H3,(H,15,16,17). The van der Waals surface area contributed by atoms with E-state index in [1.807, 2.05) is 20.8 Å². The Bertz CT molecular complexity index is 444. The number of carbonyl (C=O) groups excluding carboxylic acids is 1. The highest BCUT2D eigenvalue weighted by atomic mass is 16.2. The first-order valence-electron chi connectivity index (χ1n) is 5.73. The predicted molar refractivity (Wildman–Crippen MR) is 66.2 cm³/mol. The summed E-state index contributed by atoms with van der Waals surface area (Å²) in [6, 6.07) is 5.63. The molecule has 1 rings (SSSR count). The lowest BCUT2D eigenvalue weighted by Gasteiger charge is -2.22. The summed E-state index contributed by atoms with van der Waals surface area (Å²) in [5.41, 5.74) is 0.583. The van der Waals surface area contributed by atoms with Crippen molar-refractivity contribution < 1.29 is 4.79 Å². The minimum Gasteiger partial charge on any atom is -0.325 e. The summed E-state index contributed by atoms with van der Waals surface area (Å²) in [5, 5.41) is 11.9. The number of pyridine rings is 1. The first kappa shape index (κ1) is 13.2. The van der Waals surface area contributed by atoms with Gasteiger partial charge in [0.15, 0.2) is 0 Å². The predicted octanol–water partition coefficient (Wildman–Crippen LogP) is 2.66. The third kappa shape index (κ3) is 2.82. The highest BCUT2D eigenvalue weighted by molar-refractivity contribution is 5.97. The fraction of sp³-hybridized carbons (Fsp3) is 0.462. The summed E-state index contributed by atoms with van der Waals surface area (Å²) in [4.78, 5) is 16.1. The lowest BCUT2D eigenvalue weighted by atomic mass is 9.83. The largest absolute Gasteiger partial charge is 0.325 e. The van der Waals surface area contributed by atoms with Gasteiger partial charge in [-0.15, -0.1) is 0 Å². The Kier molecular flexibility index (Phi) is 4.22. The third-order valence-electron chi connectivity index (χ3n) is 3.01. The van der Waals surface area contributed by atoms with Crippen LogP contribution in [0.5, 0.6) is 0 Å². The number of carbonyl (C=O) groups is 1. The highest BCUT2D eigenvalue weighted by Gasteiger charge is 2.34. The highest BCUT2D eigenvalue weighted by Crippen LogP contribution is 2.27. The zero-order valence-corrected chi connectivity index (χ0v) is 10.4. The number of hydrogen-bond donors (Lipinski definition) is 1. The second-order valence-electron chi connectivity index (χ2n) is 4.04. The van der Waals surface area contributed by atoms with Crippen LogP contribution in [0.2, 0.25) is 0 Å². The molecule has 0 aliphatic heterocycles. The van der Waals surface area contributed by atoms with Gasteiger partial charge in [-0.25, -0.2) is 0 Å². The number of aryl methyl sites for hydroxylation is 1. The molecule has 0 aliphatic carbocycles. The summed E-state index contributed by atoms with van der Waals surface area (Å²) < 4.78 is 0. The Morgan fingerprint density at radius 3 is 2.65 bits per heavy atom. The van der Waals surface area contributed by atoms with Crippen LogP contribution in [0.1, 0.15) is 32.4 Å². The third-order valence-corrected chi connectivity index (χ3v) is 3.01. The number of nitrogens with zero attached hydrogens (tertiary/aromatic N) is 2. The monoisotopic (exact) mass is 231 g/mol.